The van der Waals surface area contributed by atoms with E-state index in [1.165, 1.54) is 5.69 Å². The molecule has 1 aliphatic carbocycles. The lowest BCUT2D eigenvalue weighted by molar-refractivity contribution is 0.0949. The number of carbonyl (C=O) groups excluding carboxylic acids is 1. The molecule has 1 saturated carbocycles. The van der Waals surface area contributed by atoms with Crippen LogP contribution < -0.4 is 10.2 Å². The van der Waals surface area contributed by atoms with Crippen molar-refractivity contribution in [3.63, 3.8) is 0 Å². The molecule has 1 unspecified atom stereocenters. The summed E-state index contributed by atoms with van der Waals surface area (Å²) in [6.07, 6.45) is 3.42. The van der Waals surface area contributed by atoms with Gasteiger partial charge in [0.05, 0.1) is 16.6 Å². The predicted octanol–water partition coefficient (Wildman–Crippen LogP) is 3.41. The normalized spacial score (nSPS) is 19.1. The molecule has 0 radical (unpaired) electrons. The molecule has 3 heterocycles. The summed E-state index contributed by atoms with van der Waals surface area (Å²) in [5.41, 5.74) is 4.69. The lowest BCUT2D eigenvalue weighted by Crippen LogP contribution is -2.31. The Morgan fingerprint density at radius 3 is 2.76 bits per heavy atom. The molecule has 2 aliphatic rings. The van der Waals surface area contributed by atoms with Crippen LogP contribution >= 0.6 is 0 Å². The van der Waals surface area contributed by atoms with Crippen LogP contribution in [-0.2, 0) is 7.05 Å². The van der Waals surface area contributed by atoms with E-state index in [1.54, 1.807) is 4.68 Å². The second-order valence-electron chi connectivity index (χ2n) is 8.42. The van der Waals surface area contributed by atoms with Crippen LogP contribution in [0, 0.1) is 12.8 Å². The lowest BCUT2D eigenvalue weighted by Gasteiger charge is -2.18. The van der Waals surface area contributed by atoms with Crippen molar-refractivity contribution in [1.29, 1.82) is 0 Å². The van der Waals surface area contributed by atoms with E-state index in [9.17, 15) is 4.79 Å². The van der Waals surface area contributed by atoms with Crippen molar-refractivity contribution in [3.8, 4) is 0 Å². The van der Waals surface area contributed by atoms with E-state index in [0.29, 0.717) is 18.4 Å². The number of pyridine rings is 1. The van der Waals surface area contributed by atoms with Crippen LogP contribution in [0.15, 0.2) is 36.4 Å². The smallest absolute Gasteiger partial charge is 0.252 e. The van der Waals surface area contributed by atoms with Crippen molar-refractivity contribution in [2.24, 2.45) is 13.0 Å². The zero-order valence-electron chi connectivity index (χ0n) is 17.1. The van der Waals surface area contributed by atoms with Crippen molar-refractivity contribution >= 4 is 22.6 Å². The summed E-state index contributed by atoms with van der Waals surface area (Å²) < 4.78 is 1.79. The van der Waals surface area contributed by atoms with Gasteiger partial charge in [-0.25, -0.2) is 4.98 Å². The number of anilines is 1. The molecular weight excluding hydrogens is 362 g/mol. The number of benzene rings is 1. The molecule has 1 saturated heterocycles. The number of para-hydroxylation sites is 1. The maximum atomic E-state index is 13.1. The summed E-state index contributed by atoms with van der Waals surface area (Å²) in [7, 11) is 1.90. The Balaban J connectivity index is 1.32. The molecule has 6 nitrogen and oxygen atoms in total. The Morgan fingerprint density at radius 2 is 2.00 bits per heavy atom. The molecule has 1 aliphatic heterocycles. The van der Waals surface area contributed by atoms with Gasteiger partial charge in [-0.3, -0.25) is 9.48 Å². The number of aryl methyl sites for hydroxylation is 2. The van der Waals surface area contributed by atoms with Gasteiger partial charge in [0.25, 0.3) is 5.91 Å². The minimum atomic E-state index is -0.00596. The van der Waals surface area contributed by atoms with Crippen LogP contribution in [0.5, 0.6) is 0 Å². The van der Waals surface area contributed by atoms with Crippen LogP contribution in [0.1, 0.15) is 46.9 Å². The van der Waals surface area contributed by atoms with Gasteiger partial charge >= 0.3 is 0 Å². The van der Waals surface area contributed by atoms with Crippen molar-refractivity contribution in [3.05, 3.63) is 53.3 Å². The fraction of sp³-hybridized carbons (Fsp3) is 0.435. The number of nitrogens with zero attached hydrogens (tertiary/aromatic N) is 4. The van der Waals surface area contributed by atoms with E-state index >= 15 is 0 Å². The van der Waals surface area contributed by atoms with Crippen LogP contribution in [0.2, 0.25) is 0 Å². The number of rotatable bonds is 5. The van der Waals surface area contributed by atoms with Crippen molar-refractivity contribution in [2.45, 2.75) is 32.1 Å². The number of hydrogen-bond acceptors (Lipinski definition) is 4. The first kappa shape index (κ1) is 18.2. The predicted molar refractivity (Wildman–Crippen MR) is 114 cm³/mol. The summed E-state index contributed by atoms with van der Waals surface area (Å²) in [5, 5.41) is 8.58. The number of nitrogens with one attached hydrogen (secondary N) is 1. The van der Waals surface area contributed by atoms with Crippen LogP contribution in [0.3, 0.4) is 0 Å². The highest BCUT2D eigenvalue weighted by atomic mass is 16.1. The molecule has 2 fully saturated rings. The molecule has 3 aromatic rings. The van der Waals surface area contributed by atoms with E-state index in [1.807, 2.05) is 26.1 Å². The highest BCUT2D eigenvalue weighted by Crippen LogP contribution is 2.40. The molecule has 1 aromatic carbocycles. The SMILES string of the molecule is Cc1nn(C)c2nc(C3CC3)cc(C(=O)NCC3CCN(c4ccccc4)C3)c12. The van der Waals surface area contributed by atoms with Gasteiger partial charge in [0.15, 0.2) is 5.65 Å². The number of aromatic nitrogens is 3. The van der Waals surface area contributed by atoms with Crippen LogP contribution in [0.4, 0.5) is 5.69 Å². The highest BCUT2D eigenvalue weighted by Gasteiger charge is 2.29. The molecule has 0 bridgehead atoms. The Morgan fingerprint density at radius 1 is 1.21 bits per heavy atom. The quantitative estimate of drug-likeness (QED) is 0.726. The molecule has 6 heteroatoms. The first-order valence-electron chi connectivity index (χ1n) is 10.5. The molecule has 5 rings (SSSR count). The summed E-state index contributed by atoms with van der Waals surface area (Å²) in [6, 6.07) is 12.5. The van der Waals surface area contributed by atoms with Gasteiger partial charge in [0, 0.05) is 44.0 Å². The number of amides is 1. The Labute approximate surface area is 170 Å². The molecular formula is C23H27N5O. The number of hydrogen-bond donors (Lipinski definition) is 1. The summed E-state index contributed by atoms with van der Waals surface area (Å²) in [5.74, 6) is 0.957. The molecule has 1 amide bonds. The first-order valence-corrected chi connectivity index (χ1v) is 10.5. The fourth-order valence-electron chi connectivity index (χ4n) is 4.44. The van der Waals surface area contributed by atoms with E-state index < -0.39 is 0 Å². The van der Waals surface area contributed by atoms with Gasteiger partial charge in [-0.05, 0) is 50.3 Å². The van der Waals surface area contributed by atoms with Crippen molar-refractivity contribution < 1.29 is 4.79 Å². The zero-order valence-corrected chi connectivity index (χ0v) is 17.1. The maximum absolute atomic E-state index is 13.1. The van der Waals surface area contributed by atoms with Gasteiger partial charge in [-0.15, -0.1) is 0 Å². The van der Waals surface area contributed by atoms with Gasteiger partial charge in [-0.1, -0.05) is 18.2 Å². The Kier molecular flexibility index (Phi) is 4.49. The third kappa shape index (κ3) is 3.48. The molecule has 29 heavy (non-hydrogen) atoms. The number of carbonyl (C=O) groups is 1. The van der Waals surface area contributed by atoms with E-state index in [0.717, 1.165) is 60.3 Å². The Bertz CT molecular complexity index is 1050. The Hall–Kier alpha value is -2.89. The third-order valence-corrected chi connectivity index (χ3v) is 6.19. The van der Waals surface area contributed by atoms with Gasteiger partial charge < -0.3 is 10.2 Å². The van der Waals surface area contributed by atoms with Crippen molar-refractivity contribution in [1.82, 2.24) is 20.1 Å². The van der Waals surface area contributed by atoms with Gasteiger partial charge in [0.2, 0.25) is 0 Å². The zero-order chi connectivity index (χ0) is 20.0. The summed E-state index contributed by atoms with van der Waals surface area (Å²) in [6.45, 7) is 4.67. The maximum Gasteiger partial charge on any atom is 0.252 e. The molecule has 150 valence electrons. The summed E-state index contributed by atoms with van der Waals surface area (Å²) >= 11 is 0. The molecule has 0 spiro atoms. The minimum absolute atomic E-state index is 0.00596. The largest absolute Gasteiger partial charge is 0.371 e. The monoisotopic (exact) mass is 389 g/mol. The van der Waals surface area contributed by atoms with Crippen molar-refractivity contribution in [2.75, 3.05) is 24.5 Å². The highest BCUT2D eigenvalue weighted by molar-refractivity contribution is 6.06. The van der Waals surface area contributed by atoms with Gasteiger partial charge in [0.1, 0.15) is 0 Å². The fourth-order valence-corrected chi connectivity index (χ4v) is 4.44. The summed E-state index contributed by atoms with van der Waals surface area (Å²) in [4.78, 5) is 20.3. The third-order valence-electron chi connectivity index (χ3n) is 6.19. The van der Waals surface area contributed by atoms with Crippen LogP contribution in [-0.4, -0.2) is 40.3 Å². The molecule has 1 N–H and O–H groups in total. The lowest BCUT2D eigenvalue weighted by atomic mass is 10.1. The van der Waals surface area contributed by atoms with E-state index in [2.05, 4.69) is 39.6 Å². The van der Waals surface area contributed by atoms with Crippen LogP contribution in [0.25, 0.3) is 11.0 Å². The topological polar surface area (TPSA) is 63.1 Å². The van der Waals surface area contributed by atoms with E-state index in [-0.39, 0.29) is 5.91 Å². The molecule has 2 aromatic heterocycles. The van der Waals surface area contributed by atoms with E-state index in [4.69, 9.17) is 4.98 Å². The second kappa shape index (κ2) is 7.17. The number of fused-ring (bicyclic) bond motifs is 1. The average Bonchev–Trinajstić information content (AvgIpc) is 3.41. The first-order chi connectivity index (χ1) is 14.1. The second-order valence-corrected chi connectivity index (χ2v) is 8.42. The minimum Gasteiger partial charge on any atom is -0.371 e. The molecule has 1 atom stereocenters. The van der Waals surface area contributed by atoms with Gasteiger partial charge in [-0.2, -0.15) is 5.10 Å². The average molecular weight is 390 g/mol. The standard InChI is InChI=1S/C23H27N5O/c1-15-21-19(12-20(17-8-9-17)25-22(21)27(2)26-15)23(29)24-13-16-10-11-28(14-16)18-6-4-3-5-7-18/h3-7,12,16-17H,8-11,13-14H2,1-2H3,(H,24,29).